The molecule has 1 unspecified atom stereocenters. The quantitative estimate of drug-likeness (QED) is 0.834. The smallest absolute Gasteiger partial charge is 0.291 e. The summed E-state index contributed by atoms with van der Waals surface area (Å²) in [5, 5.41) is 2.79. The van der Waals surface area contributed by atoms with E-state index in [0.29, 0.717) is 44.0 Å². The Kier molecular flexibility index (Phi) is 5.85. The van der Waals surface area contributed by atoms with E-state index in [0.717, 1.165) is 18.4 Å². The van der Waals surface area contributed by atoms with Crippen LogP contribution in [0, 0.1) is 6.92 Å². The summed E-state index contributed by atoms with van der Waals surface area (Å²) in [6.07, 6.45) is 2.80. The van der Waals surface area contributed by atoms with Crippen molar-refractivity contribution >= 4 is 23.4 Å². The topological polar surface area (TPSA) is 92.1 Å². The number of anilines is 1. The number of carbonyl (C=O) groups excluding carboxylic acids is 3. The highest BCUT2D eigenvalue weighted by Crippen LogP contribution is 2.21. The lowest BCUT2D eigenvalue weighted by atomic mass is 10.1. The number of furan rings is 1. The molecule has 1 atom stereocenters. The van der Waals surface area contributed by atoms with Crippen LogP contribution in [0.25, 0.3) is 0 Å². The van der Waals surface area contributed by atoms with Crippen molar-refractivity contribution < 1.29 is 23.5 Å². The van der Waals surface area contributed by atoms with E-state index in [1.54, 1.807) is 34.1 Å². The first-order valence-electron chi connectivity index (χ1n) is 10.2. The van der Waals surface area contributed by atoms with Gasteiger partial charge in [0.1, 0.15) is 6.10 Å². The number of nitrogens with zero attached hydrogens (tertiary/aromatic N) is 2. The third kappa shape index (κ3) is 4.23. The molecule has 8 heteroatoms. The third-order valence-corrected chi connectivity index (χ3v) is 5.56. The summed E-state index contributed by atoms with van der Waals surface area (Å²) in [6.45, 7) is 4.44. The summed E-state index contributed by atoms with van der Waals surface area (Å²) < 4.78 is 10.6. The van der Waals surface area contributed by atoms with Gasteiger partial charge in [0, 0.05) is 44.0 Å². The van der Waals surface area contributed by atoms with Gasteiger partial charge in [-0.1, -0.05) is 6.07 Å². The van der Waals surface area contributed by atoms with Crippen LogP contribution in [0.15, 0.2) is 41.0 Å². The Labute approximate surface area is 174 Å². The predicted molar refractivity (Wildman–Crippen MR) is 109 cm³/mol. The molecule has 2 aliphatic rings. The van der Waals surface area contributed by atoms with Gasteiger partial charge in [0.25, 0.3) is 17.7 Å². The number of hydrogen-bond donors (Lipinski definition) is 1. The minimum Gasteiger partial charge on any atom is -0.459 e. The van der Waals surface area contributed by atoms with Crippen molar-refractivity contribution in [3.8, 4) is 0 Å². The zero-order chi connectivity index (χ0) is 21.1. The first-order chi connectivity index (χ1) is 14.5. The molecule has 0 bridgehead atoms. The Morgan fingerprint density at radius 1 is 1.07 bits per heavy atom. The zero-order valence-electron chi connectivity index (χ0n) is 16.9. The molecule has 158 valence electrons. The third-order valence-electron chi connectivity index (χ3n) is 5.56. The molecule has 0 spiro atoms. The second-order valence-corrected chi connectivity index (χ2v) is 7.58. The summed E-state index contributed by atoms with van der Waals surface area (Å²) in [7, 11) is 0. The van der Waals surface area contributed by atoms with Gasteiger partial charge in [-0.3, -0.25) is 14.4 Å². The van der Waals surface area contributed by atoms with Crippen LogP contribution in [0.2, 0.25) is 0 Å². The molecule has 4 rings (SSSR count). The van der Waals surface area contributed by atoms with Crippen molar-refractivity contribution in [2.24, 2.45) is 0 Å². The van der Waals surface area contributed by atoms with Gasteiger partial charge in [-0.15, -0.1) is 0 Å². The second-order valence-electron chi connectivity index (χ2n) is 7.58. The van der Waals surface area contributed by atoms with Crippen LogP contribution >= 0.6 is 0 Å². The van der Waals surface area contributed by atoms with E-state index >= 15 is 0 Å². The van der Waals surface area contributed by atoms with Gasteiger partial charge in [-0.2, -0.15) is 0 Å². The second kappa shape index (κ2) is 8.71. The number of amides is 3. The molecular weight excluding hydrogens is 386 g/mol. The van der Waals surface area contributed by atoms with Gasteiger partial charge in [0.15, 0.2) is 5.76 Å². The van der Waals surface area contributed by atoms with Crippen LogP contribution in [0.3, 0.4) is 0 Å². The van der Waals surface area contributed by atoms with Crippen LogP contribution in [-0.4, -0.2) is 66.4 Å². The van der Waals surface area contributed by atoms with E-state index in [9.17, 15) is 14.4 Å². The lowest BCUT2D eigenvalue weighted by molar-refractivity contribution is -0.142. The predicted octanol–water partition coefficient (Wildman–Crippen LogP) is 2.30. The Morgan fingerprint density at radius 3 is 2.50 bits per heavy atom. The molecule has 2 fully saturated rings. The number of nitrogens with one attached hydrogen (secondary N) is 1. The van der Waals surface area contributed by atoms with Crippen molar-refractivity contribution in [1.82, 2.24) is 9.80 Å². The molecule has 0 aliphatic carbocycles. The molecule has 1 N–H and O–H groups in total. The van der Waals surface area contributed by atoms with Crippen molar-refractivity contribution in [3.05, 3.63) is 53.5 Å². The standard InChI is InChI=1S/C22H25N3O5/c1-15-6-7-16(14-17(15)23-20(26)18-4-2-12-29-18)21(27)24-8-10-25(11-9-24)22(28)19-5-3-13-30-19/h2,4,6-7,12,14,19H,3,5,8-11,13H2,1H3,(H,23,26). The lowest BCUT2D eigenvalue weighted by Gasteiger charge is -2.35. The van der Waals surface area contributed by atoms with Crippen LogP contribution < -0.4 is 5.32 Å². The summed E-state index contributed by atoms with van der Waals surface area (Å²) in [6, 6.07) is 8.47. The first kappa shape index (κ1) is 20.2. The van der Waals surface area contributed by atoms with Crippen LogP contribution in [0.4, 0.5) is 5.69 Å². The van der Waals surface area contributed by atoms with Gasteiger partial charge >= 0.3 is 0 Å². The summed E-state index contributed by atoms with van der Waals surface area (Å²) >= 11 is 0. The number of aryl methyl sites for hydroxylation is 1. The minimum absolute atomic E-state index is 0.0258. The van der Waals surface area contributed by atoms with Gasteiger partial charge in [0.2, 0.25) is 0 Å². The monoisotopic (exact) mass is 411 g/mol. The van der Waals surface area contributed by atoms with E-state index in [2.05, 4.69) is 5.32 Å². The molecule has 2 aromatic rings. The molecule has 0 saturated carbocycles. The van der Waals surface area contributed by atoms with Crippen molar-refractivity contribution in [2.45, 2.75) is 25.9 Å². The average molecular weight is 411 g/mol. The number of carbonyl (C=O) groups is 3. The molecule has 3 heterocycles. The molecule has 2 saturated heterocycles. The highest BCUT2D eigenvalue weighted by Gasteiger charge is 2.31. The van der Waals surface area contributed by atoms with Gasteiger partial charge in [0.05, 0.1) is 6.26 Å². The van der Waals surface area contributed by atoms with E-state index in [-0.39, 0.29) is 29.6 Å². The van der Waals surface area contributed by atoms with Crippen LogP contribution in [0.1, 0.15) is 39.3 Å². The van der Waals surface area contributed by atoms with E-state index in [1.165, 1.54) is 6.26 Å². The Bertz CT molecular complexity index is 926. The fourth-order valence-electron chi connectivity index (χ4n) is 3.77. The van der Waals surface area contributed by atoms with E-state index < -0.39 is 0 Å². The van der Waals surface area contributed by atoms with Gasteiger partial charge < -0.3 is 24.3 Å². The van der Waals surface area contributed by atoms with Gasteiger partial charge in [-0.25, -0.2) is 0 Å². The highest BCUT2D eigenvalue weighted by atomic mass is 16.5. The van der Waals surface area contributed by atoms with Crippen molar-refractivity contribution in [3.63, 3.8) is 0 Å². The molecule has 30 heavy (non-hydrogen) atoms. The number of benzene rings is 1. The number of rotatable bonds is 4. The van der Waals surface area contributed by atoms with Gasteiger partial charge in [-0.05, 0) is 49.6 Å². The fourth-order valence-corrected chi connectivity index (χ4v) is 3.77. The van der Waals surface area contributed by atoms with Crippen LogP contribution in [-0.2, 0) is 9.53 Å². The largest absolute Gasteiger partial charge is 0.459 e. The summed E-state index contributed by atoms with van der Waals surface area (Å²) in [5.41, 5.74) is 1.90. The molecule has 2 aliphatic heterocycles. The van der Waals surface area contributed by atoms with Crippen molar-refractivity contribution in [1.29, 1.82) is 0 Å². The lowest BCUT2D eigenvalue weighted by Crippen LogP contribution is -2.52. The SMILES string of the molecule is Cc1ccc(C(=O)N2CCN(C(=O)C3CCCO3)CC2)cc1NC(=O)c1ccco1. The molecule has 0 radical (unpaired) electrons. The fraction of sp³-hybridized carbons (Fsp3) is 0.409. The number of hydrogen-bond acceptors (Lipinski definition) is 5. The Morgan fingerprint density at radius 2 is 1.83 bits per heavy atom. The zero-order valence-corrected chi connectivity index (χ0v) is 16.9. The average Bonchev–Trinajstić information content (AvgIpc) is 3.49. The van der Waals surface area contributed by atoms with E-state index in [1.807, 2.05) is 13.0 Å². The molecular formula is C22H25N3O5. The maximum atomic E-state index is 13.0. The Hall–Kier alpha value is -3.13. The summed E-state index contributed by atoms with van der Waals surface area (Å²) in [4.78, 5) is 41.2. The molecule has 1 aromatic heterocycles. The highest BCUT2D eigenvalue weighted by molar-refractivity contribution is 6.04. The molecule has 3 amide bonds. The van der Waals surface area contributed by atoms with E-state index in [4.69, 9.17) is 9.15 Å². The number of ether oxygens (including phenoxy) is 1. The summed E-state index contributed by atoms with van der Waals surface area (Å²) in [5.74, 6) is -0.252. The van der Waals surface area contributed by atoms with Crippen molar-refractivity contribution in [2.75, 3.05) is 38.1 Å². The van der Waals surface area contributed by atoms with Crippen LogP contribution in [0.5, 0.6) is 0 Å². The molecule has 1 aromatic carbocycles. The maximum Gasteiger partial charge on any atom is 0.291 e. The first-order valence-corrected chi connectivity index (χ1v) is 10.2. The molecule has 8 nitrogen and oxygen atoms in total. The Balaban J connectivity index is 1.39. The number of piperazine rings is 1. The minimum atomic E-state index is -0.367. The normalized spacial score (nSPS) is 19.0. The maximum absolute atomic E-state index is 13.0.